The smallest absolute Gasteiger partial charge is 0.337 e. The number of benzene rings is 2. The topological polar surface area (TPSA) is 77.1 Å². The van der Waals surface area contributed by atoms with Gasteiger partial charge in [-0.3, -0.25) is 9.69 Å². The number of anilines is 1. The Morgan fingerprint density at radius 3 is 2.58 bits per heavy atom. The van der Waals surface area contributed by atoms with E-state index in [0.717, 1.165) is 44.5 Å². The van der Waals surface area contributed by atoms with Crippen molar-refractivity contribution in [1.82, 2.24) is 4.90 Å². The second-order valence-corrected chi connectivity index (χ2v) is 11.1. The Labute approximate surface area is 224 Å². The third-order valence-electron chi connectivity index (χ3n) is 9.23. The van der Waals surface area contributed by atoms with Crippen LogP contribution >= 0.6 is 0 Å². The highest BCUT2D eigenvalue weighted by Crippen LogP contribution is 2.50. The van der Waals surface area contributed by atoms with Crippen molar-refractivity contribution < 1.29 is 23.8 Å². The molecule has 0 unspecified atom stereocenters. The van der Waals surface area contributed by atoms with Gasteiger partial charge in [-0.2, -0.15) is 0 Å². The third kappa shape index (κ3) is 3.90. The van der Waals surface area contributed by atoms with E-state index < -0.39 is 5.54 Å². The van der Waals surface area contributed by atoms with Crippen molar-refractivity contribution in [3.8, 4) is 5.75 Å². The summed E-state index contributed by atoms with van der Waals surface area (Å²) in [5, 5.41) is 3.67. The van der Waals surface area contributed by atoms with Gasteiger partial charge in [0.05, 0.1) is 31.6 Å². The average Bonchev–Trinajstić information content (AvgIpc) is 3.60. The highest BCUT2D eigenvalue weighted by atomic mass is 16.5. The van der Waals surface area contributed by atoms with Gasteiger partial charge in [0.1, 0.15) is 17.4 Å². The van der Waals surface area contributed by atoms with E-state index in [4.69, 9.17) is 14.2 Å². The van der Waals surface area contributed by atoms with E-state index >= 15 is 0 Å². The van der Waals surface area contributed by atoms with Gasteiger partial charge < -0.3 is 19.5 Å². The Kier molecular flexibility index (Phi) is 6.42. The number of rotatable bonds is 6. The van der Waals surface area contributed by atoms with Crippen LogP contribution in [0.2, 0.25) is 0 Å². The lowest BCUT2D eigenvalue weighted by molar-refractivity contribution is -0.137. The Morgan fingerprint density at radius 1 is 1.13 bits per heavy atom. The Hall–Kier alpha value is -3.32. The summed E-state index contributed by atoms with van der Waals surface area (Å²) in [5.74, 6) is 0.646. The maximum Gasteiger partial charge on any atom is 0.337 e. The number of hydrogen-bond donors (Lipinski definition) is 1. The van der Waals surface area contributed by atoms with Crippen LogP contribution in [-0.4, -0.2) is 61.6 Å². The molecule has 4 atom stereocenters. The van der Waals surface area contributed by atoms with E-state index in [2.05, 4.69) is 41.4 Å². The van der Waals surface area contributed by atoms with Gasteiger partial charge in [0.25, 0.3) is 0 Å². The van der Waals surface area contributed by atoms with Crippen LogP contribution in [0.1, 0.15) is 47.7 Å². The minimum Gasteiger partial charge on any atom is -0.504 e. The Morgan fingerprint density at radius 2 is 1.89 bits per heavy atom. The van der Waals surface area contributed by atoms with E-state index in [9.17, 15) is 9.59 Å². The molecule has 6 rings (SSSR count). The van der Waals surface area contributed by atoms with Crippen LogP contribution in [0.4, 0.5) is 5.69 Å². The fraction of sp³-hybridized carbons (Fsp3) is 0.484. The van der Waals surface area contributed by atoms with Gasteiger partial charge in [0.15, 0.2) is 5.78 Å². The Balaban J connectivity index is 1.28. The number of esters is 1. The number of methoxy groups -OCH3 is 2. The molecule has 4 aliphatic rings. The molecule has 0 bridgehead atoms. The van der Waals surface area contributed by atoms with Gasteiger partial charge in [0.2, 0.25) is 0 Å². The molecule has 1 spiro atoms. The largest absolute Gasteiger partial charge is 0.504 e. The predicted octanol–water partition coefficient (Wildman–Crippen LogP) is 4.40. The number of nitrogens with one attached hydrogen (secondary N) is 1. The van der Waals surface area contributed by atoms with Crippen molar-refractivity contribution in [3.05, 3.63) is 71.0 Å². The summed E-state index contributed by atoms with van der Waals surface area (Å²) in [6.07, 6.45) is 5.60. The molecule has 7 heteroatoms. The molecule has 2 fully saturated rings. The molecule has 1 N–H and O–H groups in total. The fourth-order valence-corrected chi connectivity index (χ4v) is 7.39. The summed E-state index contributed by atoms with van der Waals surface area (Å²) in [4.78, 5) is 29.5. The zero-order chi connectivity index (χ0) is 26.4. The Bertz CT molecular complexity index is 1260. The summed E-state index contributed by atoms with van der Waals surface area (Å²) in [6, 6.07) is 14.3. The van der Waals surface area contributed by atoms with Gasteiger partial charge in [-0.25, -0.2) is 4.79 Å². The van der Waals surface area contributed by atoms with E-state index in [-0.39, 0.29) is 35.7 Å². The number of piperidine rings is 1. The number of carbonyl (C=O) groups is 2. The van der Waals surface area contributed by atoms with Crippen molar-refractivity contribution in [2.45, 2.75) is 56.7 Å². The minimum absolute atomic E-state index is 0.0227. The number of fused-ring (bicyclic) bond motifs is 4. The molecule has 1 aliphatic carbocycles. The number of ether oxygens (including phenoxy) is 3. The minimum atomic E-state index is -0.730. The van der Waals surface area contributed by atoms with E-state index in [1.165, 1.54) is 24.5 Å². The van der Waals surface area contributed by atoms with Gasteiger partial charge >= 0.3 is 5.97 Å². The van der Waals surface area contributed by atoms with Crippen LogP contribution in [0.3, 0.4) is 0 Å². The zero-order valence-electron chi connectivity index (χ0n) is 22.4. The van der Waals surface area contributed by atoms with Gasteiger partial charge in [-0.05, 0) is 47.9 Å². The molecule has 7 nitrogen and oxygen atoms in total. The summed E-state index contributed by atoms with van der Waals surface area (Å²) in [7, 11) is 2.96. The monoisotopic (exact) mass is 516 g/mol. The van der Waals surface area contributed by atoms with Crippen LogP contribution < -0.4 is 10.1 Å². The average molecular weight is 517 g/mol. The first-order chi connectivity index (χ1) is 18.5. The predicted molar refractivity (Wildman–Crippen MR) is 144 cm³/mol. The zero-order valence-corrected chi connectivity index (χ0v) is 22.4. The summed E-state index contributed by atoms with van der Waals surface area (Å²) >= 11 is 0. The first-order valence-electron chi connectivity index (χ1n) is 13.7. The highest BCUT2D eigenvalue weighted by molar-refractivity contribution is 6.16. The molecular formula is C31H36N2O5. The molecule has 0 saturated carbocycles. The molecule has 0 amide bonds. The van der Waals surface area contributed by atoms with E-state index in [1.54, 1.807) is 7.11 Å². The van der Waals surface area contributed by atoms with Crippen molar-refractivity contribution in [1.29, 1.82) is 0 Å². The molecule has 38 heavy (non-hydrogen) atoms. The molecular weight excluding hydrogens is 480 g/mol. The number of nitrogens with zero attached hydrogens (tertiary/aromatic N) is 1. The van der Waals surface area contributed by atoms with Gasteiger partial charge in [-0.15, -0.1) is 0 Å². The van der Waals surface area contributed by atoms with Crippen molar-refractivity contribution in [2.75, 3.05) is 32.6 Å². The first kappa shape index (κ1) is 25.0. The summed E-state index contributed by atoms with van der Waals surface area (Å²) in [6.45, 7) is 3.84. The quantitative estimate of drug-likeness (QED) is 0.346. The molecule has 3 aliphatic heterocycles. The molecule has 2 aromatic rings. The van der Waals surface area contributed by atoms with Gasteiger partial charge in [0, 0.05) is 37.7 Å². The molecule has 0 radical (unpaired) electrons. The maximum absolute atomic E-state index is 14.3. The lowest BCUT2D eigenvalue weighted by atomic mass is 9.72. The highest BCUT2D eigenvalue weighted by Gasteiger charge is 2.60. The molecule has 0 aromatic heterocycles. The molecule has 3 heterocycles. The molecule has 200 valence electrons. The lowest BCUT2D eigenvalue weighted by Gasteiger charge is -2.45. The van der Waals surface area contributed by atoms with Crippen molar-refractivity contribution in [3.63, 3.8) is 0 Å². The second-order valence-electron chi connectivity index (χ2n) is 11.1. The number of carbonyl (C=O) groups excluding carboxylic acids is 2. The van der Waals surface area contributed by atoms with Crippen LogP contribution in [0.5, 0.6) is 5.75 Å². The standard InChI is InChI=1S/C31H36N2O5/c1-4-19-17-33-13-12-31(27(33)16-23(19)24(18-36-2)30(35)37-3)29(34)28-25(32-31)10-7-11-26(28)38-22-14-20-8-5-6-9-21(20)15-22/h5-11,18-19,22-23,27,32H,4,12-17H2,1-3H3/b24-18+/t19-,23+,27+,31+/m1/s1. The summed E-state index contributed by atoms with van der Waals surface area (Å²) in [5.41, 5.74) is 3.98. The van der Waals surface area contributed by atoms with E-state index in [0.29, 0.717) is 23.3 Å². The fourth-order valence-electron chi connectivity index (χ4n) is 7.39. The number of Topliss-reactive ketones (excluding diaryl/α,β-unsaturated/α-hetero) is 1. The van der Waals surface area contributed by atoms with Crippen molar-refractivity contribution in [2.24, 2.45) is 11.8 Å². The van der Waals surface area contributed by atoms with Gasteiger partial charge in [-0.1, -0.05) is 43.7 Å². The third-order valence-corrected chi connectivity index (χ3v) is 9.23. The van der Waals surface area contributed by atoms with Crippen LogP contribution in [0.15, 0.2) is 54.3 Å². The normalized spacial score (nSPS) is 28.6. The number of hydrogen-bond acceptors (Lipinski definition) is 7. The maximum atomic E-state index is 14.3. The SMILES string of the molecule is CC[C@@H]1CN2CC[C@]3(Nc4cccc(OC5Cc6ccccc6C5)c4C3=O)[C@@H]2C[C@@H]1/C(=C\OC)C(=O)OC. The number of ketones is 1. The summed E-state index contributed by atoms with van der Waals surface area (Å²) < 4.78 is 16.9. The first-order valence-corrected chi connectivity index (χ1v) is 13.7. The second kappa shape index (κ2) is 9.77. The molecule has 2 aromatic carbocycles. The lowest BCUT2D eigenvalue weighted by Crippen LogP contribution is -2.57. The molecule has 2 saturated heterocycles. The van der Waals surface area contributed by atoms with Crippen molar-refractivity contribution >= 4 is 17.4 Å². The van der Waals surface area contributed by atoms with Crippen LogP contribution in [0, 0.1) is 11.8 Å². The van der Waals surface area contributed by atoms with Crippen LogP contribution in [-0.2, 0) is 27.1 Å². The van der Waals surface area contributed by atoms with E-state index in [1.807, 2.05) is 18.2 Å². The van der Waals surface area contributed by atoms with Crippen LogP contribution in [0.25, 0.3) is 0 Å².